The maximum absolute atomic E-state index is 11.2. The van der Waals surface area contributed by atoms with E-state index in [0.717, 1.165) is 5.57 Å². The molecule has 1 aliphatic rings. The molecular weight excluding hydrogens is 190 g/mol. The van der Waals surface area contributed by atoms with Gasteiger partial charge in [-0.2, -0.15) is 0 Å². The highest BCUT2D eigenvalue weighted by Crippen LogP contribution is 2.16. The van der Waals surface area contributed by atoms with Crippen LogP contribution in [0.2, 0.25) is 0 Å². The maximum atomic E-state index is 11.2. The van der Waals surface area contributed by atoms with E-state index in [4.69, 9.17) is 5.73 Å². The lowest BCUT2D eigenvalue weighted by Gasteiger charge is -2.12. The fourth-order valence-corrected chi connectivity index (χ4v) is 1.21. The average molecular weight is 205 g/mol. The molecule has 0 aromatic rings. The Balaban J connectivity index is 3.02. The lowest BCUT2D eigenvalue weighted by molar-refractivity contribution is -0.115. The predicted molar refractivity (Wildman–Crippen MR) is 61.0 cm³/mol. The van der Waals surface area contributed by atoms with Crippen LogP contribution in [0.4, 0.5) is 0 Å². The van der Waals surface area contributed by atoms with E-state index in [0.29, 0.717) is 11.3 Å². The number of carbonyl (C=O) groups is 1. The number of aliphatic imine (C=N–C) groups is 1. The van der Waals surface area contributed by atoms with Crippen LogP contribution in [-0.2, 0) is 4.79 Å². The number of carbonyl (C=O) groups excluding carboxylic acids is 1. The molecule has 80 valence electrons. The Kier molecular flexibility index (Phi) is 3.44. The molecule has 0 saturated carbocycles. The molecule has 1 amide bonds. The van der Waals surface area contributed by atoms with Gasteiger partial charge in [0, 0.05) is 23.0 Å². The molecule has 0 aliphatic carbocycles. The molecule has 0 atom stereocenters. The van der Waals surface area contributed by atoms with Crippen LogP contribution in [0.1, 0.15) is 13.8 Å². The largest absolute Gasteiger partial charge is 0.366 e. The molecule has 1 rings (SSSR count). The van der Waals surface area contributed by atoms with Crippen LogP contribution in [0.25, 0.3) is 0 Å². The number of nitrogens with one attached hydrogen (secondary N) is 1. The van der Waals surface area contributed by atoms with Gasteiger partial charge in [-0.15, -0.1) is 0 Å². The Bertz CT molecular complexity index is 375. The second-order valence-electron chi connectivity index (χ2n) is 3.60. The van der Waals surface area contributed by atoms with E-state index >= 15 is 0 Å². The van der Waals surface area contributed by atoms with E-state index in [1.165, 1.54) is 0 Å². The average Bonchev–Trinajstić information content (AvgIpc) is 2.15. The number of hydrogen-bond acceptors (Lipinski definition) is 3. The third-order valence-electron chi connectivity index (χ3n) is 2.09. The zero-order valence-electron chi connectivity index (χ0n) is 8.95. The van der Waals surface area contributed by atoms with E-state index < -0.39 is 5.91 Å². The van der Waals surface area contributed by atoms with Gasteiger partial charge in [-0.3, -0.25) is 4.79 Å². The van der Waals surface area contributed by atoms with Gasteiger partial charge in [0.2, 0.25) is 5.91 Å². The number of nitrogens with zero attached hydrogens (tertiary/aromatic N) is 1. The van der Waals surface area contributed by atoms with Gasteiger partial charge >= 0.3 is 0 Å². The fourth-order valence-electron chi connectivity index (χ4n) is 1.21. The first-order chi connectivity index (χ1) is 7.02. The number of primary amides is 1. The van der Waals surface area contributed by atoms with Crippen molar-refractivity contribution in [1.82, 2.24) is 5.32 Å². The first kappa shape index (κ1) is 11.2. The molecule has 0 aromatic carbocycles. The van der Waals surface area contributed by atoms with Gasteiger partial charge in [0.05, 0.1) is 6.34 Å². The Morgan fingerprint density at radius 1 is 1.67 bits per heavy atom. The van der Waals surface area contributed by atoms with Crippen LogP contribution in [-0.4, -0.2) is 12.2 Å². The monoisotopic (exact) mass is 205 g/mol. The van der Waals surface area contributed by atoms with Gasteiger partial charge < -0.3 is 11.1 Å². The molecule has 15 heavy (non-hydrogen) atoms. The highest BCUT2D eigenvalue weighted by atomic mass is 16.1. The first-order valence-corrected chi connectivity index (χ1v) is 4.71. The third kappa shape index (κ3) is 2.80. The molecule has 0 aromatic heterocycles. The molecule has 0 radical (unpaired) electrons. The zero-order chi connectivity index (χ0) is 11.4. The third-order valence-corrected chi connectivity index (χ3v) is 2.09. The molecule has 0 bridgehead atoms. The summed E-state index contributed by atoms with van der Waals surface area (Å²) >= 11 is 0. The predicted octanol–water partition coefficient (Wildman–Crippen LogP) is 1.08. The molecule has 1 aliphatic heterocycles. The molecule has 0 spiro atoms. The van der Waals surface area contributed by atoms with E-state index in [2.05, 4.69) is 16.9 Å². The number of nitrogens with two attached hydrogens (primary N) is 1. The fraction of sp³-hybridized carbons (Fsp3) is 0.273. The van der Waals surface area contributed by atoms with Gasteiger partial charge in [-0.05, 0) is 12.0 Å². The molecule has 0 saturated heterocycles. The van der Waals surface area contributed by atoms with E-state index in [1.807, 2.05) is 13.8 Å². The lowest BCUT2D eigenvalue weighted by Crippen LogP contribution is -2.19. The Hall–Kier alpha value is -1.84. The Morgan fingerprint density at radius 3 is 2.80 bits per heavy atom. The van der Waals surface area contributed by atoms with Crippen LogP contribution >= 0.6 is 0 Å². The first-order valence-electron chi connectivity index (χ1n) is 4.71. The summed E-state index contributed by atoms with van der Waals surface area (Å²) in [6.07, 6.45) is 4.90. The summed E-state index contributed by atoms with van der Waals surface area (Å²) in [5.41, 5.74) is 7.34. The Labute approximate surface area is 89.3 Å². The number of hydrogen-bond donors (Lipinski definition) is 2. The van der Waals surface area contributed by atoms with Gasteiger partial charge in [0.1, 0.15) is 0 Å². The van der Waals surface area contributed by atoms with Crippen molar-refractivity contribution in [3.63, 3.8) is 0 Å². The van der Waals surface area contributed by atoms with E-state index in [1.54, 1.807) is 18.6 Å². The maximum Gasteiger partial charge on any atom is 0.244 e. The molecule has 4 heteroatoms. The smallest absolute Gasteiger partial charge is 0.244 e. The molecule has 0 unspecified atom stereocenters. The summed E-state index contributed by atoms with van der Waals surface area (Å²) in [6, 6.07) is 0. The number of amides is 1. The topological polar surface area (TPSA) is 67.5 Å². The SMILES string of the molecule is C=C1NC=NC=C1C=C(C(N)=O)C(C)C. The summed E-state index contributed by atoms with van der Waals surface area (Å²) < 4.78 is 0. The molecular formula is C11H15N3O. The van der Waals surface area contributed by atoms with Gasteiger partial charge in [-0.25, -0.2) is 4.99 Å². The molecule has 0 fully saturated rings. The van der Waals surface area contributed by atoms with Crippen LogP contribution in [0, 0.1) is 5.92 Å². The van der Waals surface area contributed by atoms with E-state index in [-0.39, 0.29) is 5.92 Å². The standard InChI is InChI=1S/C11H15N3O/c1-7(2)10(11(12)15)4-9-5-13-6-14-8(9)3/h4-7H,3H2,1-2H3,(H2,12,15)(H,13,14). The minimum Gasteiger partial charge on any atom is -0.366 e. The van der Waals surface area contributed by atoms with Crippen LogP contribution < -0.4 is 11.1 Å². The molecule has 4 nitrogen and oxygen atoms in total. The van der Waals surface area contributed by atoms with Crippen molar-refractivity contribution >= 4 is 12.2 Å². The van der Waals surface area contributed by atoms with Gasteiger partial charge in [-0.1, -0.05) is 20.4 Å². The van der Waals surface area contributed by atoms with Crippen LogP contribution in [0.15, 0.2) is 40.7 Å². The van der Waals surface area contributed by atoms with E-state index in [9.17, 15) is 4.79 Å². The second kappa shape index (κ2) is 4.59. The summed E-state index contributed by atoms with van der Waals surface area (Å²) in [5.74, 6) is -0.324. The zero-order valence-corrected chi connectivity index (χ0v) is 8.95. The number of rotatable bonds is 3. The van der Waals surface area contributed by atoms with Gasteiger partial charge in [0.15, 0.2) is 0 Å². The van der Waals surface area contributed by atoms with Crippen molar-refractivity contribution in [2.75, 3.05) is 0 Å². The van der Waals surface area contributed by atoms with Gasteiger partial charge in [0.25, 0.3) is 0 Å². The minimum atomic E-state index is -0.409. The summed E-state index contributed by atoms with van der Waals surface area (Å²) in [6.45, 7) is 7.63. The highest BCUT2D eigenvalue weighted by molar-refractivity contribution is 5.93. The lowest BCUT2D eigenvalue weighted by atomic mass is 9.99. The van der Waals surface area contributed by atoms with Crippen molar-refractivity contribution in [2.45, 2.75) is 13.8 Å². The number of allylic oxidation sites excluding steroid dienone is 1. The summed E-state index contributed by atoms with van der Waals surface area (Å²) in [5, 5.41) is 2.86. The van der Waals surface area contributed by atoms with Crippen molar-refractivity contribution in [3.05, 3.63) is 35.7 Å². The van der Waals surface area contributed by atoms with Crippen LogP contribution in [0.3, 0.4) is 0 Å². The normalized spacial score (nSPS) is 16.3. The second-order valence-corrected chi connectivity index (χ2v) is 3.60. The Morgan fingerprint density at radius 2 is 2.33 bits per heavy atom. The molecule has 1 heterocycles. The van der Waals surface area contributed by atoms with Crippen molar-refractivity contribution in [2.24, 2.45) is 16.6 Å². The highest BCUT2D eigenvalue weighted by Gasteiger charge is 2.12. The van der Waals surface area contributed by atoms with Crippen LogP contribution in [0.5, 0.6) is 0 Å². The quantitative estimate of drug-likeness (QED) is 0.677. The molecule has 3 N–H and O–H groups in total. The van der Waals surface area contributed by atoms with Crippen molar-refractivity contribution < 1.29 is 4.79 Å². The minimum absolute atomic E-state index is 0.0853. The summed E-state index contributed by atoms with van der Waals surface area (Å²) in [4.78, 5) is 15.1. The summed E-state index contributed by atoms with van der Waals surface area (Å²) in [7, 11) is 0. The van der Waals surface area contributed by atoms with Crippen molar-refractivity contribution in [1.29, 1.82) is 0 Å². The van der Waals surface area contributed by atoms with Crippen molar-refractivity contribution in [3.8, 4) is 0 Å².